The van der Waals surface area contributed by atoms with Crippen molar-refractivity contribution in [1.29, 1.82) is 0 Å². The van der Waals surface area contributed by atoms with Crippen LogP contribution in [-0.2, 0) is 14.8 Å². The van der Waals surface area contributed by atoms with Crippen LogP contribution in [0.5, 0.6) is 0 Å². The number of sulfonamides is 1. The number of rotatable bonds is 7. The zero-order valence-corrected chi connectivity index (χ0v) is 13.0. The fraction of sp³-hybridized carbons (Fsp3) is 0.923. The maximum Gasteiger partial charge on any atom is 0.211 e. The maximum atomic E-state index is 11.9. The highest BCUT2D eigenvalue weighted by Gasteiger charge is 2.27. The van der Waals surface area contributed by atoms with Gasteiger partial charge in [-0.05, 0) is 32.2 Å². The summed E-state index contributed by atoms with van der Waals surface area (Å²) in [5.41, 5.74) is 0. The topological polar surface area (TPSA) is 66.5 Å². The molecule has 0 aromatic rings. The molecule has 1 rings (SSSR count). The lowest BCUT2D eigenvalue weighted by Gasteiger charge is -2.30. The lowest BCUT2D eigenvalue weighted by Crippen LogP contribution is -2.40. The van der Waals surface area contributed by atoms with Gasteiger partial charge in [-0.1, -0.05) is 6.92 Å². The first kappa shape index (κ1) is 16.6. The quantitative estimate of drug-likeness (QED) is 0.760. The second-order valence-corrected chi connectivity index (χ2v) is 7.52. The average Bonchev–Trinajstić information content (AvgIpc) is 2.28. The third-order valence-corrected chi connectivity index (χ3v) is 4.82. The molecule has 0 aromatic heterocycles. The molecule has 6 heteroatoms. The Balaban J connectivity index is 2.42. The van der Waals surface area contributed by atoms with Gasteiger partial charge in [-0.3, -0.25) is 4.79 Å². The van der Waals surface area contributed by atoms with E-state index in [2.05, 4.69) is 5.32 Å². The molecular weight excluding hydrogens is 264 g/mol. The molecule has 0 saturated carbocycles. The molecule has 0 radical (unpaired) electrons. The van der Waals surface area contributed by atoms with E-state index >= 15 is 0 Å². The van der Waals surface area contributed by atoms with Crippen molar-refractivity contribution >= 4 is 15.8 Å². The molecule has 0 bridgehead atoms. The molecule has 1 heterocycles. The Morgan fingerprint density at radius 2 is 2.16 bits per heavy atom. The van der Waals surface area contributed by atoms with Crippen LogP contribution in [0, 0.1) is 5.92 Å². The van der Waals surface area contributed by atoms with Gasteiger partial charge < -0.3 is 5.32 Å². The van der Waals surface area contributed by atoms with Crippen LogP contribution in [0.1, 0.15) is 39.5 Å². The third-order valence-electron chi connectivity index (χ3n) is 3.55. The van der Waals surface area contributed by atoms with Gasteiger partial charge in [0.05, 0.1) is 6.26 Å². The van der Waals surface area contributed by atoms with Crippen LogP contribution in [0.4, 0.5) is 0 Å². The van der Waals surface area contributed by atoms with Gasteiger partial charge >= 0.3 is 0 Å². The van der Waals surface area contributed by atoms with Crippen LogP contribution in [0.3, 0.4) is 0 Å². The number of nitrogens with zero attached hydrogens (tertiary/aromatic N) is 1. The molecule has 112 valence electrons. The minimum absolute atomic E-state index is 0.185. The van der Waals surface area contributed by atoms with E-state index in [1.165, 1.54) is 10.6 Å². The van der Waals surface area contributed by atoms with Gasteiger partial charge in [0.2, 0.25) is 10.0 Å². The summed E-state index contributed by atoms with van der Waals surface area (Å²) in [7, 11) is -3.12. The molecular formula is C13H26N2O3S. The van der Waals surface area contributed by atoms with Crippen LogP contribution in [0.2, 0.25) is 0 Å². The molecule has 5 nitrogen and oxygen atoms in total. The van der Waals surface area contributed by atoms with Crippen LogP contribution >= 0.6 is 0 Å². The summed E-state index contributed by atoms with van der Waals surface area (Å²) in [4.78, 5) is 11.9. The minimum atomic E-state index is -3.12. The molecule has 1 saturated heterocycles. The van der Waals surface area contributed by atoms with E-state index in [0.717, 1.165) is 19.4 Å². The second-order valence-electron chi connectivity index (χ2n) is 5.53. The van der Waals surface area contributed by atoms with Crippen molar-refractivity contribution < 1.29 is 13.2 Å². The molecule has 0 spiro atoms. The minimum Gasteiger partial charge on any atom is -0.314 e. The first-order valence-electron chi connectivity index (χ1n) is 7.03. The van der Waals surface area contributed by atoms with Crippen molar-refractivity contribution in [3.05, 3.63) is 0 Å². The Labute approximate surface area is 116 Å². The first-order chi connectivity index (χ1) is 8.82. The van der Waals surface area contributed by atoms with E-state index in [1.807, 2.05) is 13.8 Å². The number of Topliss-reactive ketones (excluding diaryl/α,β-unsaturated/α-hetero) is 1. The zero-order chi connectivity index (χ0) is 14.5. The lowest BCUT2D eigenvalue weighted by atomic mass is 9.92. The number of hydrogen-bond acceptors (Lipinski definition) is 4. The predicted octanol–water partition coefficient (Wildman–Crippen LogP) is 1.01. The fourth-order valence-electron chi connectivity index (χ4n) is 2.66. The van der Waals surface area contributed by atoms with Crippen molar-refractivity contribution in [3.63, 3.8) is 0 Å². The molecule has 19 heavy (non-hydrogen) atoms. The van der Waals surface area contributed by atoms with E-state index in [-0.39, 0.29) is 17.7 Å². The molecule has 1 aliphatic heterocycles. The van der Waals surface area contributed by atoms with Gasteiger partial charge in [-0.2, -0.15) is 0 Å². The molecule has 1 fully saturated rings. The van der Waals surface area contributed by atoms with Crippen molar-refractivity contribution in [2.45, 2.75) is 45.6 Å². The van der Waals surface area contributed by atoms with E-state index < -0.39 is 10.0 Å². The molecule has 0 aromatic carbocycles. The first-order valence-corrected chi connectivity index (χ1v) is 8.88. The summed E-state index contributed by atoms with van der Waals surface area (Å²) in [5.74, 6) is 0.415. The Morgan fingerprint density at radius 3 is 2.74 bits per heavy atom. The van der Waals surface area contributed by atoms with E-state index in [9.17, 15) is 13.2 Å². The molecule has 1 aliphatic rings. The molecule has 0 amide bonds. The summed E-state index contributed by atoms with van der Waals surface area (Å²) in [6.45, 7) is 5.98. The molecule has 0 aliphatic carbocycles. The maximum absolute atomic E-state index is 11.9. The van der Waals surface area contributed by atoms with Crippen LogP contribution < -0.4 is 5.32 Å². The number of carbonyl (C=O) groups is 1. The monoisotopic (exact) mass is 290 g/mol. The average molecular weight is 290 g/mol. The van der Waals surface area contributed by atoms with E-state index in [4.69, 9.17) is 0 Å². The molecule has 1 N–H and O–H groups in total. The Bertz CT molecular complexity index is 395. The van der Waals surface area contributed by atoms with Crippen molar-refractivity contribution in [3.8, 4) is 0 Å². The number of nitrogens with one attached hydrogen (secondary N) is 1. The van der Waals surface area contributed by atoms with Crippen LogP contribution in [0.25, 0.3) is 0 Å². The summed E-state index contributed by atoms with van der Waals surface area (Å²) < 4.78 is 24.5. The highest BCUT2D eigenvalue weighted by atomic mass is 32.2. The Kier molecular flexibility index (Phi) is 6.42. The summed E-state index contributed by atoms with van der Waals surface area (Å²) in [6, 6.07) is 0.201. The van der Waals surface area contributed by atoms with Gasteiger partial charge in [-0.25, -0.2) is 12.7 Å². The lowest BCUT2D eigenvalue weighted by molar-refractivity contribution is -0.120. The highest BCUT2D eigenvalue weighted by molar-refractivity contribution is 7.88. The Hall–Kier alpha value is -0.460. The molecule has 2 unspecified atom stereocenters. The standard InChI is InChI=1S/C13H26N2O3S/c1-4-14-11(2)8-13(16)9-12-6-5-7-15(10-12)19(3,17)18/h11-12,14H,4-10H2,1-3H3. The van der Waals surface area contributed by atoms with Crippen molar-refractivity contribution in [2.24, 2.45) is 5.92 Å². The van der Waals surface area contributed by atoms with Gasteiger partial charge in [-0.15, -0.1) is 0 Å². The third kappa shape index (κ3) is 6.01. The number of hydrogen-bond donors (Lipinski definition) is 1. The Morgan fingerprint density at radius 1 is 1.47 bits per heavy atom. The summed E-state index contributed by atoms with van der Waals surface area (Å²) in [6.07, 6.45) is 4.08. The summed E-state index contributed by atoms with van der Waals surface area (Å²) in [5, 5.41) is 3.22. The highest BCUT2D eigenvalue weighted by Crippen LogP contribution is 2.22. The van der Waals surface area contributed by atoms with Crippen molar-refractivity contribution in [2.75, 3.05) is 25.9 Å². The number of ketones is 1. The van der Waals surface area contributed by atoms with Crippen LogP contribution in [0.15, 0.2) is 0 Å². The predicted molar refractivity (Wildman–Crippen MR) is 76.5 cm³/mol. The number of carbonyl (C=O) groups excluding carboxylic acids is 1. The van der Waals surface area contributed by atoms with E-state index in [1.54, 1.807) is 0 Å². The SMILES string of the molecule is CCNC(C)CC(=O)CC1CCCN(S(C)(=O)=O)C1. The van der Waals surface area contributed by atoms with Gasteiger partial charge in [0.25, 0.3) is 0 Å². The summed E-state index contributed by atoms with van der Waals surface area (Å²) >= 11 is 0. The fourth-order valence-corrected chi connectivity index (χ4v) is 3.60. The van der Waals surface area contributed by atoms with Gasteiger partial charge in [0.1, 0.15) is 5.78 Å². The van der Waals surface area contributed by atoms with Crippen LogP contribution in [-0.4, -0.2) is 50.4 Å². The van der Waals surface area contributed by atoms with Crippen molar-refractivity contribution in [1.82, 2.24) is 9.62 Å². The number of piperidine rings is 1. The van der Waals surface area contributed by atoms with E-state index in [0.29, 0.717) is 25.9 Å². The normalized spacial score (nSPS) is 23.2. The van der Waals surface area contributed by atoms with Gasteiger partial charge in [0.15, 0.2) is 0 Å². The second kappa shape index (κ2) is 7.36. The smallest absolute Gasteiger partial charge is 0.211 e. The van der Waals surface area contributed by atoms with Gasteiger partial charge in [0, 0.05) is 32.0 Å². The molecule has 2 atom stereocenters. The largest absolute Gasteiger partial charge is 0.314 e. The zero-order valence-electron chi connectivity index (χ0n) is 12.2.